The third-order valence-electron chi connectivity index (χ3n) is 12.9. The molecule has 11 rings (SSSR count). The van der Waals surface area contributed by atoms with E-state index in [9.17, 15) is 0 Å². The molecule has 0 bridgehead atoms. The first-order valence-corrected chi connectivity index (χ1v) is 19.4. The van der Waals surface area contributed by atoms with Gasteiger partial charge in [-0.1, -0.05) is 153 Å². The lowest BCUT2D eigenvalue weighted by atomic mass is 9.70. The number of fused-ring (bicyclic) bond motifs is 13. The predicted molar refractivity (Wildman–Crippen MR) is 226 cm³/mol. The second-order valence-electron chi connectivity index (χ2n) is 16.1. The Morgan fingerprint density at radius 2 is 0.852 bits per heavy atom. The predicted octanol–water partition coefficient (Wildman–Crippen LogP) is 13.9. The Morgan fingerprint density at radius 3 is 1.39 bits per heavy atom. The van der Waals surface area contributed by atoms with Crippen LogP contribution in [-0.4, -0.2) is 0 Å². The van der Waals surface area contributed by atoms with E-state index in [1.54, 1.807) is 0 Å². The Morgan fingerprint density at radius 1 is 0.407 bits per heavy atom. The monoisotopic (exact) mass is 691 g/mol. The number of hydrogen-bond acceptors (Lipinski definition) is 1. The summed E-state index contributed by atoms with van der Waals surface area (Å²) in [5, 5.41) is 0. The summed E-state index contributed by atoms with van der Waals surface area (Å²) in [6.45, 7) is 6.98. The van der Waals surface area contributed by atoms with Crippen molar-refractivity contribution in [2.75, 3.05) is 4.90 Å². The molecule has 0 saturated heterocycles. The first kappa shape index (κ1) is 31.4. The first-order chi connectivity index (χ1) is 26.4. The molecule has 0 atom stereocenters. The van der Waals surface area contributed by atoms with Crippen molar-refractivity contribution in [1.29, 1.82) is 0 Å². The van der Waals surface area contributed by atoms with Crippen molar-refractivity contribution >= 4 is 22.6 Å². The van der Waals surface area contributed by atoms with E-state index in [0.717, 1.165) is 18.5 Å². The van der Waals surface area contributed by atoms with Crippen LogP contribution in [0.4, 0.5) is 17.1 Å². The Bertz CT molecular complexity index is 2690. The van der Waals surface area contributed by atoms with Gasteiger partial charge in [-0.15, -0.1) is 0 Å². The minimum Gasteiger partial charge on any atom is -0.310 e. The first-order valence-electron chi connectivity index (χ1n) is 19.4. The van der Waals surface area contributed by atoms with Crippen molar-refractivity contribution in [2.24, 2.45) is 0 Å². The molecule has 7 aromatic rings. The van der Waals surface area contributed by atoms with Gasteiger partial charge in [-0.25, -0.2) is 0 Å². The molecule has 0 heterocycles. The highest BCUT2D eigenvalue weighted by Crippen LogP contribution is 2.63. The molecule has 1 heteroatoms. The number of rotatable bonds is 4. The van der Waals surface area contributed by atoms with E-state index in [1.165, 1.54) is 94.8 Å². The maximum Gasteiger partial charge on any atom is 0.0726 e. The van der Waals surface area contributed by atoms with Crippen molar-refractivity contribution in [3.8, 4) is 33.4 Å². The number of nitrogens with zero attached hydrogens (tertiary/aromatic N) is 1. The second-order valence-corrected chi connectivity index (χ2v) is 16.1. The molecule has 0 amide bonds. The number of benzene rings is 7. The molecule has 4 aliphatic rings. The molecule has 258 valence electrons. The van der Waals surface area contributed by atoms with Crippen LogP contribution in [-0.2, 0) is 10.8 Å². The SMILES string of the molecule is CC1=CC=C(c2ccc(N(c3ccc4c(c3)C(C)(C)c3ccccc3-4)c3ccc4c(c3)C3(c5ccccc5-c5ccccc53)c3ccccc3-4)cc2)CC1. The van der Waals surface area contributed by atoms with Crippen LogP contribution in [0, 0.1) is 0 Å². The van der Waals surface area contributed by atoms with Gasteiger partial charge in [0.05, 0.1) is 5.41 Å². The smallest absolute Gasteiger partial charge is 0.0726 e. The van der Waals surface area contributed by atoms with E-state index in [-0.39, 0.29) is 5.41 Å². The number of allylic oxidation sites excluding steroid dienone is 4. The minimum absolute atomic E-state index is 0.0997. The molecule has 7 aromatic carbocycles. The Hall–Kier alpha value is -6.18. The van der Waals surface area contributed by atoms with E-state index >= 15 is 0 Å². The topological polar surface area (TPSA) is 3.24 Å². The zero-order valence-electron chi connectivity index (χ0n) is 31.0. The fourth-order valence-corrected chi connectivity index (χ4v) is 10.3. The summed E-state index contributed by atoms with van der Waals surface area (Å²) >= 11 is 0. The van der Waals surface area contributed by atoms with Crippen molar-refractivity contribution in [2.45, 2.75) is 44.4 Å². The van der Waals surface area contributed by atoms with E-state index < -0.39 is 5.41 Å². The summed E-state index contributed by atoms with van der Waals surface area (Å²) in [6.07, 6.45) is 6.79. The molecule has 1 nitrogen and oxygen atoms in total. The highest BCUT2D eigenvalue weighted by Gasteiger charge is 2.51. The van der Waals surface area contributed by atoms with E-state index in [0.29, 0.717) is 0 Å². The minimum atomic E-state index is -0.397. The summed E-state index contributed by atoms with van der Waals surface area (Å²) in [5.41, 5.74) is 23.4. The normalized spacial score (nSPS) is 16.1. The third kappa shape index (κ3) is 4.21. The zero-order chi connectivity index (χ0) is 36.2. The van der Waals surface area contributed by atoms with Gasteiger partial charge < -0.3 is 4.90 Å². The number of anilines is 3. The highest BCUT2D eigenvalue weighted by molar-refractivity contribution is 5.96. The summed E-state index contributed by atoms with van der Waals surface area (Å²) in [4.78, 5) is 2.49. The standard InChI is InChI=1S/C53H41N/c1-34-20-22-35(23-21-34)36-24-26-37(27-25-36)54(38-28-30-44-40-12-4-8-16-46(40)52(2,3)50(44)32-38)39-29-31-45-43-15-7-11-19-49(43)53(51(45)33-39)47-17-9-5-13-41(47)42-14-6-10-18-48(42)53/h4-20,22,24-33H,21,23H2,1-3H3. The third-order valence-corrected chi connectivity index (χ3v) is 12.9. The molecular formula is C53H41N. The second kappa shape index (κ2) is 11.4. The van der Waals surface area contributed by atoms with E-state index in [1.807, 2.05) is 0 Å². The summed E-state index contributed by atoms with van der Waals surface area (Å²) < 4.78 is 0. The van der Waals surface area contributed by atoms with Crippen LogP contribution < -0.4 is 4.90 Å². The summed E-state index contributed by atoms with van der Waals surface area (Å²) in [5.74, 6) is 0. The Balaban J connectivity index is 1.14. The van der Waals surface area contributed by atoms with Crippen LogP contribution in [0.3, 0.4) is 0 Å². The Labute approximate surface area is 318 Å². The van der Waals surface area contributed by atoms with Gasteiger partial charge >= 0.3 is 0 Å². The van der Waals surface area contributed by atoms with Crippen LogP contribution in [0.1, 0.15) is 72.6 Å². The van der Waals surface area contributed by atoms with Gasteiger partial charge in [0.2, 0.25) is 0 Å². The molecule has 0 aromatic heterocycles. The van der Waals surface area contributed by atoms with Gasteiger partial charge in [-0.3, -0.25) is 0 Å². The summed E-state index contributed by atoms with van der Waals surface area (Å²) in [6, 6.07) is 59.9. The molecule has 54 heavy (non-hydrogen) atoms. The highest BCUT2D eigenvalue weighted by atomic mass is 15.1. The van der Waals surface area contributed by atoms with Crippen molar-refractivity contribution in [3.05, 3.63) is 214 Å². The lowest BCUT2D eigenvalue weighted by Gasteiger charge is -2.32. The van der Waals surface area contributed by atoms with Crippen LogP contribution in [0.15, 0.2) is 175 Å². The average molecular weight is 692 g/mol. The van der Waals surface area contributed by atoms with Gasteiger partial charge in [0.15, 0.2) is 0 Å². The molecular weight excluding hydrogens is 651 g/mol. The van der Waals surface area contributed by atoms with E-state index in [2.05, 4.69) is 196 Å². The number of hydrogen-bond donors (Lipinski definition) is 0. The van der Waals surface area contributed by atoms with Crippen molar-refractivity contribution in [3.63, 3.8) is 0 Å². The maximum absolute atomic E-state index is 2.51. The summed E-state index contributed by atoms with van der Waals surface area (Å²) in [7, 11) is 0. The average Bonchev–Trinajstić information content (AvgIpc) is 3.77. The Kier molecular flexibility index (Phi) is 6.62. The molecule has 0 saturated carbocycles. The molecule has 4 aliphatic carbocycles. The largest absolute Gasteiger partial charge is 0.310 e. The fourth-order valence-electron chi connectivity index (χ4n) is 10.3. The molecule has 0 N–H and O–H groups in total. The molecule has 0 radical (unpaired) electrons. The van der Waals surface area contributed by atoms with Gasteiger partial charge in [-0.05, 0) is 134 Å². The fraction of sp³-hybridized carbons (Fsp3) is 0.132. The quantitative estimate of drug-likeness (QED) is 0.178. The molecule has 0 aliphatic heterocycles. The van der Waals surface area contributed by atoms with Gasteiger partial charge in [0.1, 0.15) is 0 Å². The van der Waals surface area contributed by atoms with Crippen LogP contribution in [0.5, 0.6) is 0 Å². The lowest BCUT2D eigenvalue weighted by molar-refractivity contribution is 0.660. The molecule has 0 unspecified atom stereocenters. The van der Waals surface area contributed by atoms with Crippen molar-refractivity contribution < 1.29 is 0 Å². The van der Waals surface area contributed by atoms with Gasteiger partial charge in [-0.2, -0.15) is 0 Å². The zero-order valence-corrected chi connectivity index (χ0v) is 31.0. The van der Waals surface area contributed by atoms with Gasteiger partial charge in [0, 0.05) is 22.5 Å². The van der Waals surface area contributed by atoms with Crippen LogP contribution >= 0.6 is 0 Å². The van der Waals surface area contributed by atoms with Crippen molar-refractivity contribution in [1.82, 2.24) is 0 Å². The van der Waals surface area contributed by atoms with Gasteiger partial charge in [0.25, 0.3) is 0 Å². The van der Waals surface area contributed by atoms with Crippen LogP contribution in [0.25, 0.3) is 39.0 Å². The molecule has 1 spiro atoms. The maximum atomic E-state index is 2.51. The molecule has 0 fully saturated rings. The van der Waals surface area contributed by atoms with E-state index in [4.69, 9.17) is 0 Å². The van der Waals surface area contributed by atoms with Crippen LogP contribution in [0.2, 0.25) is 0 Å². The lowest BCUT2D eigenvalue weighted by Crippen LogP contribution is -2.26.